The predicted octanol–water partition coefficient (Wildman–Crippen LogP) is 8.67. The van der Waals surface area contributed by atoms with E-state index in [1.807, 2.05) is 37.3 Å². The number of anilines is 3. The van der Waals surface area contributed by atoms with E-state index in [1.165, 1.54) is 9.13 Å². The number of Topliss-reactive ketones (excluding diaryl/α,β-unsaturated/α-hetero) is 2. The van der Waals surface area contributed by atoms with Gasteiger partial charge in [-0.2, -0.15) is 0 Å². The fourth-order valence-corrected chi connectivity index (χ4v) is 10.4. The zero-order valence-electron chi connectivity index (χ0n) is 45.8. The standard InChI is InChI=1S/C61H67N11O8/c1-7-8-10-16-42(29-52(73)47(62)25-39-14-11-9-12-15-39)58(76)64-43-18-19-49-41(28-43)20-21-71(49)61(79)51-30-44(35-69(51)5)65-59(77)50-26-40(34-68(50)4)27-53(74)57-67-55(36-70(57)6)66-56(75)17-13-22-80-54-31-48-46(24-38(54)3)60(78)72-33-37(2)23-45(72)32-63-48/h9,11-12,14-15,18-21,24,26,28,30-32,34-36,42,45,47H,2,7-8,10,13,16-17,22-23,25,27,29,33,62H2,1,3-6H3,(H,64,76)(H,65,77)(H,66,75)/t42-,45+,47+/m1/s1. The topological polar surface area (TPSA) is 239 Å². The number of ether oxygens (including phenoxy) is 1. The Labute approximate surface area is 463 Å². The van der Waals surface area contributed by atoms with Crippen LogP contribution >= 0.6 is 0 Å². The van der Waals surface area contributed by atoms with Crippen LogP contribution in [0.2, 0.25) is 0 Å². The van der Waals surface area contributed by atoms with E-state index in [4.69, 9.17) is 10.5 Å². The fraction of sp³-hybridized carbons (Fsp3) is 0.328. The van der Waals surface area contributed by atoms with Crippen molar-refractivity contribution in [3.8, 4) is 5.75 Å². The third-order valence-corrected chi connectivity index (χ3v) is 14.7. The summed E-state index contributed by atoms with van der Waals surface area (Å²) in [6, 6.07) is 22.6. The van der Waals surface area contributed by atoms with Crippen molar-refractivity contribution in [1.29, 1.82) is 0 Å². The van der Waals surface area contributed by atoms with Gasteiger partial charge in [0, 0.05) is 101 Å². The Morgan fingerprint density at radius 3 is 2.41 bits per heavy atom. The summed E-state index contributed by atoms with van der Waals surface area (Å²) in [5, 5.41) is 9.36. The zero-order valence-corrected chi connectivity index (χ0v) is 45.8. The average Bonchev–Trinajstić information content (AvgIpc) is 4.28. The molecule has 9 rings (SSSR count). The molecule has 1 saturated heterocycles. The van der Waals surface area contributed by atoms with Gasteiger partial charge in [-0.05, 0) is 91.8 Å². The molecule has 7 aromatic rings. The van der Waals surface area contributed by atoms with Gasteiger partial charge in [0.2, 0.25) is 17.6 Å². The van der Waals surface area contributed by atoms with Gasteiger partial charge in [0.15, 0.2) is 17.4 Å². The molecular formula is C61H67N11O8. The van der Waals surface area contributed by atoms with Crippen LogP contribution in [0.25, 0.3) is 10.9 Å². The molecule has 19 heteroatoms. The van der Waals surface area contributed by atoms with Crippen molar-refractivity contribution in [3.05, 3.63) is 155 Å². The quantitative estimate of drug-likeness (QED) is 0.0270. The SMILES string of the molecule is C=C1C[C@H]2C=Nc3cc(OCCCC(=O)Nc4cn(C)c(C(=O)Cc5cc(C(=O)Nc6cc(C(=O)n7ccc8cc(NC(=O)[C@H](CCCCC)CC(=O)[C@@H](N)Cc9ccccc9)ccc87)n(C)c6)n(C)c5)n4)c(C)cc3C(=O)N2C1. The summed E-state index contributed by atoms with van der Waals surface area (Å²) in [5.41, 5.74) is 12.8. The molecule has 0 saturated carbocycles. The van der Waals surface area contributed by atoms with E-state index in [0.29, 0.717) is 82.8 Å². The lowest BCUT2D eigenvalue weighted by Crippen LogP contribution is -2.36. The summed E-state index contributed by atoms with van der Waals surface area (Å²) in [6.45, 7) is 8.74. The number of carbonyl (C=O) groups is 7. The number of ketones is 2. The average molecular weight is 1080 g/mol. The fourth-order valence-electron chi connectivity index (χ4n) is 10.4. The Hall–Kier alpha value is -8.97. The molecule has 0 radical (unpaired) electrons. The van der Waals surface area contributed by atoms with Crippen molar-refractivity contribution in [2.24, 2.45) is 37.8 Å². The van der Waals surface area contributed by atoms with E-state index in [2.05, 4.69) is 39.4 Å². The van der Waals surface area contributed by atoms with Crippen molar-refractivity contribution in [2.75, 3.05) is 29.1 Å². The third-order valence-electron chi connectivity index (χ3n) is 14.7. The second kappa shape index (κ2) is 24.4. The van der Waals surface area contributed by atoms with Gasteiger partial charge in [-0.3, -0.25) is 43.1 Å². The lowest BCUT2D eigenvalue weighted by molar-refractivity contribution is -0.127. The minimum atomic E-state index is -0.715. The number of aryl methyl sites for hydroxylation is 4. The molecular weight excluding hydrogens is 1010 g/mol. The number of hydrogen-bond donors (Lipinski definition) is 4. The number of nitrogens with two attached hydrogens (primary N) is 1. The summed E-state index contributed by atoms with van der Waals surface area (Å²) in [4.78, 5) is 105. The number of aromatic nitrogens is 5. The maximum absolute atomic E-state index is 14.0. The molecule has 3 atom stereocenters. The second-order valence-corrected chi connectivity index (χ2v) is 21.0. The summed E-state index contributed by atoms with van der Waals surface area (Å²) < 4.78 is 12.3. The highest BCUT2D eigenvalue weighted by molar-refractivity contribution is 6.07. The molecule has 5 N–H and O–H groups in total. The van der Waals surface area contributed by atoms with Gasteiger partial charge in [0.1, 0.15) is 17.1 Å². The number of benzene rings is 3. The van der Waals surface area contributed by atoms with Crippen molar-refractivity contribution in [3.63, 3.8) is 0 Å². The third kappa shape index (κ3) is 12.8. The highest BCUT2D eigenvalue weighted by atomic mass is 16.5. The van der Waals surface area contributed by atoms with Gasteiger partial charge in [0.05, 0.1) is 41.1 Å². The highest BCUT2D eigenvalue weighted by Gasteiger charge is 2.34. The molecule has 414 valence electrons. The van der Waals surface area contributed by atoms with Crippen molar-refractivity contribution in [1.82, 2.24) is 28.2 Å². The van der Waals surface area contributed by atoms with Crippen LogP contribution in [0, 0.1) is 12.8 Å². The van der Waals surface area contributed by atoms with Gasteiger partial charge < -0.3 is 45.0 Å². The molecule has 2 aliphatic heterocycles. The number of fused-ring (bicyclic) bond motifs is 3. The summed E-state index contributed by atoms with van der Waals surface area (Å²) in [5.74, 6) is -1.55. The van der Waals surface area contributed by atoms with E-state index < -0.39 is 17.9 Å². The van der Waals surface area contributed by atoms with Crippen LogP contribution in [0.15, 0.2) is 121 Å². The van der Waals surface area contributed by atoms with E-state index in [-0.39, 0.29) is 84.4 Å². The van der Waals surface area contributed by atoms with Crippen molar-refractivity contribution < 1.29 is 38.3 Å². The minimum Gasteiger partial charge on any atom is -0.493 e. The van der Waals surface area contributed by atoms with Crippen molar-refractivity contribution in [2.45, 2.75) is 90.1 Å². The first kappa shape index (κ1) is 55.8. The number of amides is 4. The molecule has 4 aromatic heterocycles. The first-order valence-electron chi connectivity index (χ1n) is 27.0. The Bertz CT molecular complexity index is 3580. The Balaban J connectivity index is 0.757. The van der Waals surface area contributed by atoms with Crippen LogP contribution in [-0.4, -0.2) is 101 Å². The molecule has 1 fully saturated rings. The van der Waals surface area contributed by atoms with Crippen molar-refractivity contribution >= 4 is 81.1 Å². The maximum Gasteiger partial charge on any atom is 0.279 e. The smallest absolute Gasteiger partial charge is 0.279 e. The first-order valence-corrected chi connectivity index (χ1v) is 27.0. The zero-order chi connectivity index (χ0) is 56.8. The number of imidazole rings is 1. The predicted molar refractivity (Wildman–Crippen MR) is 307 cm³/mol. The summed E-state index contributed by atoms with van der Waals surface area (Å²) in [7, 11) is 5.06. The van der Waals surface area contributed by atoms with Gasteiger partial charge in [-0.1, -0.05) is 68.7 Å². The normalized spacial score (nSPS) is 14.6. The number of nitrogens with one attached hydrogen (secondary N) is 3. The summed E-state index contributed by atoms with van der Waals surface area (Å²) >= 11 is 0. The Morgan fingerprint density at radius 1 is 0.838 bits per heavy atom. The summed E-state index contributed by atoms with van der Waals surface area (Å²) in [6.07, 6.45) is 13.2. The van der Waals surface area contributed by atoms with Crippen LogP contribution in [-0.2, 0) is 48.4 Å². The van der Waals surface area contributed by atoms with E-state index in [0.717, 1.165) is 36.0 Å². The number of aliphatic imine (C=N–C) groups is 1. The molecule has 2 aliphatic rings. The van der Waals surface area contributed by atoms with E-state index in [1.54, 1.807) is 115 Å². The van der Waals surface area contributed by atoms with Crippen LogP contribution in [0.4, 0.5) is 22.9 Å². The van der Waals surface area contributed by atoms with Gasteiger partial charge in [0.25, 0.3) is 17.7 Å². The Kier molecular flexibility index (Phi) is 17.0. The highest BCUT2D eigenvalue weighted by Crippen LogP contribution is 2.35. The molecule has 4 amide bonds. The first-order chi connectivity index (χ1) is 38.4. The molecule has 3 aromatic carbocycles. The molecule has 0 aliphatic carbocycles. The number of hydrogen-bond acceptors (Lipinski definition) is 11. The number of nitrogens with zero attached hydrogens (tertiary/aromatic N) is 7. The Morgan fingerprint density at radius 2 is 1.62 bits per heavy atom. The van der Waals surface area contributed by atoms with Gasteiger partial charge in [-0.15, -0.1) is 0 Å². The molecule has 6 heterocycles. The van der Waals surface area contributed by atoms with E-state index >= 15 is 0 Å². The van der Waals surface area contributed by atoms with Crippen LogP contribution < -0.4 is 26.4 Å². The van der Waals surface area contributed by atoms with E-state index in [9.17, 15) is 33.6 Å². The minimum absolute atomic E-state index is 0.0432. The van der Waals surface area contributed by atoms with Gasteiger partial charge in [-0.25, -0.2) is 4.98 Å². The number of carbonyl (C=O) groups excluding carboxylic acids is 7. The number of rotatable bonds is 23. The van der Waals surface area contributed by atoms with Crippen LogP contribution in [0.5, 0.6) is 5.75 Å². The van der Waals surface area contributed by atoms with Crippen LogP contribution in [0.1, 0.15) is 117 Å². The maximum atomic E-state index is 14.0. The van der Waals surface area contributed by atoms with Gasteiger partial charge >= 0.3 is 0 Å². The number of unbranched alkanes of at least 4 members (excludes halogenated alkanes) is 2. The largest absolute Gasteiger partial charge is 0.493 e. The van der Waals surface area contributed by atoms with Crippen LogP contribution in [0.3, 0.4) is 0 Å². The molecule has 80 heavy (non-hydrogen) atoms. The second-order valence-electron chi connectivity index (χ2n) is 21.0. The molecule has 0 unspecified atom stereocenters. The monoisotopic (exact) mass is 1080 g/mol. The lowest BCUT2D eigenvalue weighted by Gasteiger charge is -2.20. The molecule has 0 bridgehead atoms. The molecule has 0 spiro atoms. The lowest BCUT2D eigenvalue weighted by atomic mass is 9.90. The molecule has 19 nitrogen and oxygen atoms in total.